The van der Waals surface area contributed by atoms with Crippen LogP contribution in [0.15, 0.2) is 64.4 Å². The first-order valence-electron chi connectivity index (χ1n) is 10.3. The number of hydrogen-bond donors (Lipinski definition) is 0. The van der Waals surface area contributed by atoms with Gasteiger partial charge in [0, 0.05) is 32.7 Å². The lowest BCUT2D eigenvalue weighted by Gasteiger charge is -2.34. The first kappa shape index (κ1) is 22.4. The highest BCUT2D eigenvalue weighted by Gasteiger charge is 2.31. The maximum Gasteiger partial charge on any atom is 0.244 e. The van der Waals surface area contributed by atoms with Crippen LogP contribution in [0.5, 0.6) is 0 Å². The maximum atomic E-state index is 13.2. The minimum atomic E-state index is -3.71. The number of morpholine rings is 1. The highest BCUT2D eigenvalue weighted by Crippen LogP contribution is 2.23. The van der Waals surface area contributed by atoms with E-state index in [9.17, 15) is 16.8 Å². The minimum absolute atomic E-state index is 0.0951. The Balaban J connectivity index is 1.48. The zero-order chi connectivity index (χ0) is 21.9. The molecule has 0 bridgehead atoms. The number of benzene rings is 2. The summed E-state index contributed by atoms with van der Waals surface area (Å²) in [5.41, 5.74) is 1.14. The molecule has 8 nitrogen and oxygen atoms in total. The Bertz CT molecular complexity index is 1080. The predicted molar refractivity (Wildman–Crippen MR) is 116 cm³/mol. The van der Waals surface area contributed by atoms with Crippen molar-refractivity contribution in [3.05, 3.63) is 60.2 Å². The molecule has 0 N–H and O–H groups in total. The number of sulfonamides is 2. The van der Waals surface area contributed by atoms with Crippen LogP contribution in [0.2, 0.25) is 0 Å². The summed E-state index contributed by atoms with van der Waals surface area (Å²) in [5, 5.41) is 0. The molecule has 10 heteroatoms. The van der Waals surface area contributed by atoms with Gasteiger partial charge in [0.05, 0.1) is 29.7 Å². The predicted octanol–water partition coefficient (Wildman–Crippen LogP) is 1.56. The van der Waals surface area contributed by atoms with Crippen molar-refractivity contribution in [3.8, 4) is 0 Å². The molecule has 2 aliphatic heterocycles. The van der Waals surface area contributed by atoms with E-state index in [1.54, 1.807) is 0 Å². The van der Waals surface area contributed by atoms with Crippen LogP contribution in [-0.4, -0.2) is 76.4 Å². The molecule has 168 valence electrons. The monoisotopic (exact) mass is 465 g/mol. The molecule has 0 aliphatic carbocycles. The Morgan fingerprint density at radius 1 is 0.710 bits per heavy atom. The van der Waals surface area contributed by atoms with Crippen LogP contribution in [0.25, 0.3) is 0 Å². The average molecular weight is 466 g/mol. The van der Waals surface area contributed by atoms with Crippen LogP contribution in [0.4, 0.5) is 0 Å². The number of ether oxygens (including phenoxy) is 1. The number of hydrogen-bond acceptors (Lipinski definition) is 6. The van der Waals surface area contributed by atoms with E-state index in [-0.39, 0.29) is 9.79 Å². The molecule has 2 heterocycles. The van der Waals surface area contributed by atoms with Crippen molar-refractivity contribution in [1.29, 1.82) is 0 Å². The fourth-order valence-electron chi connectivity index (χ4n) is 3.87. The van der Waals surface area contributed by atoms with Gasteiger partial charge in [0.15, 0.2) is 0 Å². The Morgan fingerprint density at radius 3 is 1.90 bits per heavy atom. The average Bonchev–Trinajstić information content (AvgIpc) is 2.80. The molecule has 2 saturated heterocycles. The summed E-state index contributed by atoms with van der Waals surface area (Å²) in [4.78, 5) is 2.31. The lowest BCUT2D eigenvalue weighted by atomic mass is 10.2. The summed E-state index contributed by atoms with van der Waals surface area (Å²) in [5.74, 6) is 0. The van der Waals surface area contributed by atoms with E-state index >= 15 is 0 Å². The Morgan fingerprint density at radius 2 is 1.29 bits per heavy atom. The van der Waals surface area contributed by atoms with E-state index in [1.165, 1.54) is 32.9 Å². The van der Waals surface area contributed by atoms with Gasteiger partial charge in [-0.3, -0.25) is 4.90 Å². The topological polar surface area (TPSA) is 87.2 Å². The van der Waals surface area contributed by atoms with Crippen LogP contribution in [-0.2, 0) is 31.3 Å². The molecule has 2 aromatic carbocycles. The van der Waals surface area contributed by atoms with E-state index in [0.29, 0.717) is 46.1 Å². The molecule has 0 atom stereocenters. The highest BCUT2D eigenvalue weighted by atomic mass is 32.2. The van der Waals surface area contributed by atoms with Gasteiger partial charge in [-0.25, -0.2) is 16.8 Å². The van der Waals surface area contributed by atoms with Crippen molar-refractivity contribution in [2.24, 2.45) is 0 Å². The molecule has 0 unspecified atom stereocenters. The molecule has 0 amide bonds. The minimum Gasteiger partial charge on any atom is -0.379 e. The smallest absolute Gasteiger partial charge is 0.244 e. The summed E-state index contributed by atoms with van der Waals surface area (Å²) >= 11 is 0. The second-order valence-corrected chi connectivity index (χ2v) is 11.6. The molecule has 2 aliphatic rings. The van der Waals surface area contributed by atoms with Gasteiger partial charge in [-0.05, 0) is 36.2 Å². The van der Waals surface area contributed by atoms with Crippen molar-refractivity contribution in [1.82, 2.24) is 13.5 Å². The third kappa shape index (κ3) is 5.00. The van der Waals surface area contributed by atoms with Gasteiger partial charge in [0.2, 0.25) is 20.0 Å². The lowest BCUT2D eigenvalue weighted by molar-refractivity contribution is 0.0730. The first-order chi connectivity index (χ1) is 14.9. The Hall–Kier alpha value is -1.82. The van der Waals surface area contributed by atoms with E-state index in [0.717, 1.165) is 18.5 Å². The molecule has 4 rings (SSSR count). The van der Waals surface area contributed by atoms with Crippen LogP contribution >= 0.6 is 0 Å². The third-order valence-electron chi connectivity index (χ3n) is 5.56. The summed E-state index contributed by atoms with van der Waals surface area (Å²) in [7, 11) is -7.37. The standard InChI is InChI=1S/C21H27N3O5S2/c25-30(26,23-13-15-29-16-14-23)20-7-9-21(10-8-20)31(27,28)24-12-4-11-22(18-24)17-19-5-2-1-3-6-19/h1-3,5-10H,4,11-18H2. The Labute approximate surface area is 184 Å². The van der Waals surface area contributed by atoms with Gasteiger partial charge in [-0.2, -0.15) is 8.61 Å². The van der Waals surface area contributed by atoms with Gasteiger partial charge in [-0.15, -0.1) is 0 Å². The van der Waals surface area contributed by atoms with Crippen molar-refractivity contribution in [3.63, 3.8) is 0 Å². The van der Waals surface area contributed by atoms with E-state index in [1.807, 2.05) is 30.3 Å². The fourth-order valence-corrected chi connectivity index (χ4v) is 6.74. The molecule has 0 saturated carbocycles. The summed E-state index contributed by atoms with van der Waals surface area (Å²) in [6, 6.07) is 15.5. The van der Waals surface area contributed by atoms with Crippen molar-refractivity contribution < 1.29 is 21.6 Å². The zero-order valence-corrected chi connectivity index (χ0v) is 18.9. The van der Waals surface area contributed by atoms with E-state index in [2.05, 4.69) is 4.90 Å². The van der Waals surface area contributed by atoms with E-state index < -0.39 is 20.0 Å². The fraction of sp³-hybridized carbons (Fsp3) is 0.429. The second kappa shape index (κ2) is 9.35. The molecule has 31 heavy (non-hydrogen) atoms. The Kier molecular flexibility index (Phi) is 6.75. The summed E-state index contributed by atoms with van der Waals surface area (Å²) in [6.07, 6.45) is 0.746. The molecule has 0 aromatic heterocycles. The molecule has 0 spiro atoms. The van der Waals surface area contributed by atoms with Gasteiger partial charge >= 0.3 is 0 Å². The third-order valence-corrected chi connectivity index (χ3v) is 9.32. The normalized spacial score (nSPS) is 20.0. The number of nitrogens with zero attached hydrogens (tertiary/aromatic N) is 3. The molecular formula is C21H27N3O5S2. The molecule has 2 fully saturated rings. The van der Waals surface area contributed by atoms with Crippen molar-refractivity contribution in [2.45, 2.75) is 22.8 Å². The van der Waals surface area contributed by atoms with Crippen molar-refractivity contribution >= 4 is 20.0 Å². The first-order valence-corrected chi connectivity index (χ1v) is 13.2. The zero-order valence-electron chi connectivity index (χ0n) is 17.3. The van der Waals surface area contributed by atoms with Crippen LogP contribution in [0.1, 0.15) is 12.0 Å². The van der Waals surface area contributed by atoms with Crippen molar-refractivity contribution in [2.75, 3.05) is 46.1 Å². The van der Waals surface area contributed by atoms with Gasteiger partial charge in [0.25, 0.3) is 0 Å². The maximum absolute atomic E-state index is 13.2. The molecular weight excluding hydrogens is 438 g/mol. The second-order valence-electron chi connectivity index (χ2n) is 7.70. The number of rotatable bonds is 6. The van der Waals surface area contributed by atoms with Crippen LogP contribution < -0.4 is 0 Å². The molecule has 0 radical (unpaired) electrons. The van der Waals surface area contributed by atoms with Gasteiger partial charge < -0.3 is 4.74 Å². The quantitative estimate of drug-likeness (QED) is 0.644. The highest BCUT2D eigenvalue weighted by molar-refractivity contribution is 7.89. The molecule has 2 aromatic rings. The SMILES string of the molecule is O=S(=O)(c1ccc(S(=O)(=O)N2CCCN(Cc3ccccc3)C2)cc1)N1CCOCC1. The lowest BCUT2D eigenvalue weighted by Crippen LogP contribution is -2.47. The van der Waals surface area contributed by atoms with Crippen LogP contribution in [0, 0.1) is 0 Å². The van der Waals surface area contributed by atoms with Gasteiger partial charge in [0.1, 0.15) is 0 Å². The van der Waals surface area contributed by atoms with Gasteiger partial charge in [-0.1, -0.05) is 30.3 Å². The summed E-state index contributed by atoms with van der Waals surface area (Å²) < 4.78 is 59.9. The van der Waals surface area contributed by atoms with E-state index in [4.69, 9.17) is 4.74 Å². The largest absolute Gasteiger partial charge is 0.379 e. The summed E-state index contributed by atoms with van der Waals surface area (Å²) in [6.45, 7) is 3.59. The van der Waals surface area contributed by atoms with Crippen LogP contribution in [0.3, 0.4) is 0 Å².